The molecule has 0 aliphatic carbocycles. The second-order valence-corrected chi connectivity index (χ2v) is 7.09. The smallest absolute Gasteiger partial charge is 0.322 e. The van der Waals surface area contributed by atoms with Gasteiger partial charge >= 0.3 is 6.18 Å². The number of anilines is 1. The van der Waals surface area contributed by atoms with Gasteiger partial charge in [-0.2, -0.15) is 18.3 Å². The second kappa shape index (κ2) is 7.87. The van der Waals surface area contributed by atoms with Gasteiger partial charge in [0.2, 0.25) is 5.91 Å². The SMILES string of the molecule is Cc1cc(F)c(NC(=O)Cn2nc(C)c(Cl)c2C)cc1SCC(F)(F)F. The summed E-state index contributed by atoms with van der Waals surface area (Å²) in [4.78, 5) is 12.4. The molecule has 0 unspecified atom stereocenters. The number of thioether (sulfide) groups is 1. The van der Waals surface area contributed by atoms with Crippen molar-refractivity contribution in [1.82, 2.24) is 9.78 Å². The zero-order valence-electron chi connectivity index (χ0n) is 14.2. The summed E-state index contributed by atoms with van der Waals surface area (Å²) in [7, 11) is 0. The average molecular weight is 410 g/mol. The van der Waals surface area contributed by atoms with Crippen molar-refractivity contribution in [2.45, 2.75) is 38.4 Å². The van der Waals surface area contributed by atoms with Crippen LogP contribution in [0.4, 0.5) is 23.2 Å². The lowest BCUT2D eigenvalue weighted by Crippen LogP contribution is -2.21. The molecule has 1 amide bonds. The van der Waals surface area contributed by atoms with Crippen molar-refractivity contribution in [3.8, 4) is 0 Å². The molecule has 142 valence electrons. The van der Waals surface area contributed by atoms with Crippen LogP contribution >= 0.6 is 23.4 Å². The molecule has 0 aliphatic heterocycles. The van der Waals surface area contributed by atoms with Crippen molar-refractivity contribution in [3.05, 3.63) is 39.9 Å². The van der Waals surface area contributed by atoms with Crippen LogP contribution in [0.15, 0.2) is 17.0 Å². The highest BCUT2D eigenvalue weighted by molar-refractivity contribution is 7.99. The Hall–Kier alpha value is -1.74. The van der Waals surface area contributed by atoms with Gasteiger partial charge in [0.25, 0.3) is 0 Å². The topological polar surface area (TPSA) is 46.9 Å². The molecule has 1 N–H and O–H groups in total. The van der Waals surface area contributed by atoms with Crippen molar-refractivity contribution in [1.29, 1.82) is 0 Å². The summed E-state index contributed by atoms with van der Waals surface area (Å²) in [5.41, 5.74) is 1.33. The Morgan fingerprint density at radius 1 is 1.31 bits per heavy atom. The predicted octanol–water partition coefficient (Wildman–Crippen LogP) is 4.89. The number of hydrogen-bond donors (Lipinski definition) is 1. The van der Waals surface area contributed by atoms with Gasteiger partial charge in [0, 0.05) is 4.90 Å². The van der Waals surface area contributed by atoms with Crippen molar-refractivity contribution >= 4 is 35.0 Å². The minimum atomic E-state index is -4.34. The van der Waals surface area contributed by atoms with E-state index in [9.17, 15) is 22.4 Å². The van der Waals surface area contributed by atoms with Crippen LogP contribution in [0.2, 0.25) is 5.02 Å². The second-order valence-electron chi connectivity index (χ2n) is 5.69. The Balaban J connectivity index is 2.14. The molecule has 0 atom stereocenters. The molecule has 0 aliphatic rings. The maximum absolute atomic E-state index is 14.1. The highest BCUT2D eigenvalue weighted by atomic mass is 35.5. The molecule has 0 fully saturated rings. The highest BCUT2D eigenvalue weighted by Crippen LogP contribution is 2.32. The average Bonchev–Trinajstić information content (AvgIpc) is 2.75. The van der Waals surface area contributed by atoms with Gasteiger partial charge in [-0.3, -0.25) is 9.48 Å². The van der Waals surface area contributed by atoms with Gasteiger partial charge in [0.1, 0.15) is 12.4 Å². The molecule has 0 saturated heterocycles. The molecule has 0 spiro atoms. The zero-order valence-corrected chi connectivity index (χ0v) is 15.7. The minimum Gasteiger partial charge on any atom is -0.322 e. The number of carbonyl (C=O) groups is 1. The largest absolute Gasteiger partial charge is 0.398 e. The molecule has 10 heteroatoms. The molecule has 1 aromatic carbocycles. The zero-order chi connectivity index (χ0) is 19.6. The molecular formula is C16H16ClF4N3OS. The third-order valence-electron chi connectivity index (χ3n) is 3.52. The van der Waals surface area contributed by atoms with Crippen LogP contribution in [0, 0.1) is 26.6 Å². The van der Waals surface area contributed by atoms with Crippen LogP contribution in [-0.4, -0.2) is 27.6 Å². The van der Waals surface area contributed by atoms with Crippen LogP contribution in [-0.2, 0) is 11.3 Å². The number of aryl methyl sites for hydroxylation is 2. The van der Waals surface area contributed by atoms with E-state index in [2.05, 4.69) is 10.4 Å². The molecular weight excluding hydrogens is 394 g/mol. The van der Waals surface area contributed by atoms with E-state index in [0.717, 1.165) is 6.07 Å². The molecule has 26 heavy (non-hydrogen) atoms. The van der Waals surface area contributed by atoms with E-state index in [1.54, 1.807) is 13.8 Å². The number of nitrogens with zero attached hydrogens (tertiary/aromatic N) is 2. The van der Waals surface area contributed by atoms with E-state index < -0.39 is 23.7 Å². The lowest BCUT2D eigenvalue weighted by molar-refractivity contribution is -0.117. The minimum absolute atomic E-state index is 0.182. The van der Waals surface area contributed by atoms with Gasteiger partial charge in [-0.25, -0.2) is 4.39 Å². The number of amides is 1. The summed E-state index contributed by atoms with van der Waals surface area (Å²) in [6.45, 7) is 4.69. The maximum Gasteiger partial charge on any atom is 0.398 e. The summed E-state index contributed by atoms with van der Waals surface area (Å²) in [6, 6.07) is 2.29. The number of rotatable bonds is 5. The standard InChI is InChI=1S/C16H16ClF4N3OS/c1-8-4-11(18)12(5-13(8)26-7-16(19,20)21)22-14(25)6-24-10(3)15(17)9(2)23-24/h4-5H,6-7H2,1-3H3,(H,22,25). The lowest BCUT2D eigenvalue weighted by atomic mass is 10.2. The third kappa shape index (κ3) is 5.14. The number of carbonyl (C=O) groups excluding carboxylic acids is 1. The quantitative estimate of drug-likeness (QED) is 0.564. The Kier molecular flexibility index (Phi) is 6.23. The number of alkyl halides is 3. The van der Waals surface area contributed by atoms with Crippen LogP contribution in [0.5, 0.6) is 0 Å². The van der Waals surface area contributed by atoms with Crippen LogP contribution in [0.3, 0.4) is 0 Å². The number of hydrogen-bond acceptors (Lipinski definition) is 3. The first-order chi connectivity index (χ1) is 12.0. The number of halogens is 5. The van der Waals surface area contributed by atoms with Crippen LogP contribution < -0.4 is 5.32 Å². The Morgan fingerprint density at radius 2 is 1.96 bits per heavy atom. The molecule has 2 rings (SSSR count). The number of benzene rings is 1. The fourth-order valence-electron chi connectivity index (χ4n) is 2.22. The fourth-order valence-corrected chi connectivity index (χ4v) is 3.16. The van der Waals surface area contributed by atoms with E-state index in [1.807, 2.05) is 0 Å². The summed E-state index contributed by atoms with van der Waals surface area (Å²) in [6.07, 6.45) is -4.34. The van der Waals surface area contributed by atoms with E-state index in [0.29, 0.717) is 33.7 Å². The maximum atomic E-state index is 14.1. The normalized spacial score (nSPS) is 11.7. The molecule has 0 saturated carbocycles. The van der Waals surface area contributed by atoms with Gasteiger partial charge in [0.15, 0.2) is 0 Å². The van der Waals surface area contributed by atoms with E-state index in [-0.39, 0.29) is 17.1 Å². The lowest BCUT2D eigenvalue weighted by Gasteiger charge is -2.13. The Labute approximate surface area is 156 Å². The van der Waals surface area contributed by atoms with Gasteiger partial charge in [0.05, 0.1) is 27.9 Å². The van der Waals surface area contributed by atoms with Crippen LogP contribution in [0.1, 0.15) is 17.0 Å². The number of nitrogens with one attached hydrogen (secondary N) is 1. The van der Waals surface area contributed by atoms with Gasteiger partial charge in [-0.15, -0.1) is 11.8 Å². The van der Waals surface area contributed by atoms with E-state index in [4.69, 9.17) is 11.6 Å². The Bertz CT molecular complexity index is 836. The van der Waals surface area contributed by atoms with E-state index in [1.165, 1.54) is 17.7 Å². The Morgan fingerprint density at radius 3 is 2.50 bits per heavy atom. The highest BCUT2D eigenvalue weighted by Gasteiger charge is 2.27. The van der Waals surface area contributed by atoms with Crippen molar-refractivity contribution < 1.29 is 22.4 Å². The van der Waals surface area contributed by atoms with Crippen molar-refractivity contribution in [3.63, 3.8) is 0 Å². The fraction of sp³-hybridized carbons (Fsp3) is 0.375. The molecule has 0 radical (unpaired) electrons. The summed E-state index contributed by atoms with van der Waals surface area (Å²) in [5, 5.41) is 6.91. The molecule has 0 bridgehead atoms. The van der Waals surface area contributed by atoms with E-state index >= 15 is 0 Å². The first-order valence-corrected chi connectivity index (χ1v) is 8.83. The van der Waals surface area contributed by atoms with Crippen LogP contribution in [0.25, 0.3) is 0 Å². The third-order valence-corrected chi connectivity index (χ3v) is 5.29. The first-order valence-electron chi connectivity index (χ1n) is 7.47. The monoisotopic (exact) mass is 409 g/mol. The summed E-state index contributed by atoms with van der Waals surface area (Å²) < 4.78 is 52.6. The molecule has 2 aromatic rings. The number of aromatic nitrogens is 2. The molecule has 1 heterocycles. The predicted molar refractivity (Wildman–Crippen MR) is 93.3 cm³/mol. The van der Waals surface area contributed by atoms with Gasteiger partial charge in [-0.05, 0) is 38.5 Å². The first kappa shape index (κ1) is 20.6. The molecule has 1 aromatic heterocycles. The van der Waals surface area contributed by atoms with Gasteiger partial charge in [-0.1, -0.05) is 11.6 Å². The molecule has 4 nitrogen and oxygen atoms in total. The van der Waals surface area contributed by atoms with Gasteiger partial charge < -0.3 is 5.32 Å². The van der Waals surface area contributed by atoms with Crippen molar-refractivity contribution in [2.75, 3.05) is 11.1 Å². The van der Waals surface area contributed by atoms with Crippen molar-refractivity contribution in [2.24, 2.45) is 0 Å². The summed E-state index contributed by atoms with van der Waals surface area (Å²) in [5.74, 6) is -2.39. The summed E-state index contributed by atoms with van der Waals surface area (Å²) >= 11 is 6.54.